The first-order valence-corrected chi connectivity index (χ1v) is 7.41. The van der Waals surface area contributed by atoms with Gasteiger partial charge in [-0.05, 0) is 48.6 Å². The lowest BCUT2D eigenvalue weighted by Gasteiger charge is -2.09. The van der Waals surface area contributed by atoms with E-state index in [0.717, 1.165) is 17.7 Å². The highest BCUT2D eigenvalue weighted by atomic mass is 32.2. The third kappa shape index (κ3) is 2.48. The Balaban J connectivity index is 1.91. The molecule has 3 rings (SSSR count). The molecule has 0 saturated heterocycles. The largest absolute Gasteiger partial charge is 0.495 e. The predicted molar refractivity (Wildman–Crippen MR) is 80.0 cm³/mol. The highest BCUT2D eigenvalue weighted by molar-refractivity contribution is 7.99. The van der Waals surface area contributed by atoms with Crippen molar-refractivity contribution in [1.29, 1.82) is 0 Å². The van der Waals surface area contributed by atoms with Crippen molar-refractivity contribution in [3.05, 3.63) is 47.3 Å². The lowest BCUT2D eigenvalue weighted by molar-refractivity contribution is 0.414. The van der Waals surface area contributed by atoms with Crippen LogP contribution in [0.4, 0.5) is 10.1 Å². The van der Waals surface area contributed by atoms with Gasteiger partial charge in [0.2, 0.25) is 0 Å². The molecule has 0 heterocycles. The van der Waals surface area contributed by atoms with E-state index in [2.05, 4.69) is 18.2 Å². The summed E-state index contributed by atoms with van der Waals surface area (Å²) in [4.78, 5) is 1.59. The first kappa shape index (κ1) is 13.3. The van der Waals surface area contributed by atoms with Gasteiger partial charge in [-0.1, -0.05) is 17.8 Å². The molecule has 0 atom stereocenters. The van der Waals surface area contributed by atoms with Crippen LogP contribution in [0.1, 0.15) is 17.5 Å². The van der Waals surface area contributed by atoms with Gasteiger partial charge in [0.15, 0.2) is 0 Å². The molecule has 0 radical (unpaired) electrons. The maximum Gasteiger partial charge on any atom is 0.143 e. The molecule has 104 valence electrons. The second kappa shape index (κ2) is 5.37. The Morgan fingerprint density at radius 1 is 1.15 bits per heavy atom. The Bertz CT molecular complexity index is 657. The van der Waals surface area contributed by atoms with E-state index >= 15 is 0 Å². The quantitative estimate of drug-likeness (QED) is 0.866. The highest BCUT2D eigenvalue weighted by Gasteiger charge is 2.13. The van der Waals surface area contributed by atoms with Crippen LogP contribution in [-0.2, 0) is 12.8 Å². The third-order valence-electron chi connectivity index (χ3n) is 3.58. The summed E-state index contributed by atoms with van der Waals surface area (Å²) >= 11 is 1.41. The zero-order valence-electron chi connectivity index (χ0n) is 11.3. The Kier molecular flexibility index (Phi) is 3.57. The summed E-state index contributed by atoms with van der Waals surface area (Å²) in [5.41, 5.74) is 8.82. The summed E-state index contributed by atoms with van der Waals surface area (Å²) in [6.07, 6.45) is 3.50. The lowest BCUT2D eigenvalue weighted by Crippen LogP contribution is -1.95. The number of ether oxygens (including phenoxy) is 1. The third-order valence-corrected chi connectivity index (χ3v) is 4.60. The molecule has 1 aliphatic carbocycles. The maximum absolute atomic E-state index is 14.0. The molecule has 20 heavy (non-hydrogen) atoms. The standard InChI is InChI=1S/C16H16FNOS/c1-19-15-9-16(13(17)8-14(15)18)20-12-6-5-10-3-2-4-11(10)7-12/h5-9H,2-4,18H2,1H3. The van der Waals surface area contributed by atoms with Crippen molar-refractivity contribution < 1.29 is 9.13 Å². The summed E-state index contributed by atoms with van der Waals surface area (Å²) in [5, 5.41) is 0. The smallest absolute Gasteiger partial charge is 0.143 e. The molecule has 0 spiro atoms. The molecule has 2 aromatic carbocycles. The molecule has 4 heteroatoms. The number of hydrogen-bond donors (Lipinski definition) is 1. The number of methoxy groups -OCH3 is 1. The Labute approximate surface area is 122 Å². The molecule has 0 aromatic heterocycles. The summed E-state index contributed by atoms with van der Waals surface area (Å²) in [5.74, 6) is 0.198. The number of rotatable bonds is 3. The lowest BCUT2D eigenvalue weighted by atomic mass is 10.1. The first-order chi connectivity index (χ1) is 9.67. The van der Waals surface area contributed by atoms with Crippen molar-refractivity contribution in [2.24, 2.45) is 0 Å². The van der Waals surface area contributed by atoms with Gasteiger partial charge in [0, 0.05) is 11.0 Å². The minimum absolute atomic E-state index is 0.311. The summed E-state index contributed by atoms with van der Waals surface area (Å²) in [7, 11) is 1.54. The Morgan fingerprint density at radius 2 is 1.95 bits per heavy atom. The molecule has 2 nitrogen and oxygen atoms in total. The molecule has 2 aromatic rings. The van der Waals surface area contributed by atoms with Gasteiger partial charge in [0.25, 0.3) is 0 Å². The summed E-state index contributed by atoms with van der Waals surface area (Å²) in [6, 6.07) is 9.33. The van der Waals surface area contributed by atoms with Crippen molar-refractivity contribution in [3.8, 4) is 5.75 Å². The molecule has 0 fully saturated rings. The number of nitrogen functional groups attached to an aromatic ring is 1. The van der Waals surface area contributed by atoms with Gasteiger partial charge in [-0.25, -0.2) is 4.39 Å². The van der Waals surface area contributed by atoms with Crippen molar-refractivity contribution >= 4 is 17.4 Å². The number of hydrogen-bond acceptors (Lipinski definition) is 3. The number of nitrogens with two attached hydrogens (primary N) is 1. The molecule has 0 aliphatic heterocycles. The van der Waals surface area contributed by atoms with E-state index in [9.17, 15) is 4.39 Å². The number of benzene rings is 2. The molecule has 0 saturated carbocycles. The molecule has 0 bridgehead atoms. The van der Waals surface area contributed by atoms with E-state index in [0.29, 0.717) is 16.3 Å². The van der Waals surface area contributed by atoms with Gasteiger partial charge >= 0.3 is 0 Å². The van der Waals surface area contributed by atoms with Crippen LogP contribution in [0.2, 0.25) is 0 Å². The second-order valence-electron chi connectivity index (χ2n) is 4.91. The van der Waals surface area contributed by atoms with E-state index in [1.54, 1.807) is 6.07 Å². The summed E-state index contributed by atoms with van der Waals surface area (Å²) in [6.45, 7) is 0. The fourth-order valence-corrected chi connectivity index (χ4v) is 3.46. The molecule has 2 N–H and O–H groups in total. The van der Waals surface area contributed by atoms with Gasteiger partial charge in [0.05, 0.1) is 17.7 Å². The average Bonchev–Trinajstić information content (AvgIpc) is 2.89. The molecule has 0 amide bonds. The van der Waals surface area contributed by atoms with Crippen LogP contribution in [0.3, 0.4) is 0 Å². The fourth-order valence-electron chi connectivity index (χ4n) is 2.54. The fraction of sp³-hybridized carbons (Fsp3) is 0.250. The van der Waals surface area contributed by atoms with E-state index in [4.69, 9.17) is 10.5 Å². The predicted octanol–water partition coefficient (Wildman–Crippen LogP) is 4.06. The van der Waals surface area contributed by atoms with Crippen LogP contribution in [0.25, 0.3) is 0 Å². The van der Waals surface area contributed by atoms with Crippen molar-refractivity contribution in [1.82, 2.24) is 0 Å². The van der Waals surface area contributed by atoms with Crippen LogP contribution >= 0.6 is 11.8 Å². The molecular weight excluding hydrogens is 273 g/mol. The van der Waals surface area contributed by atoms with E-state index < -0.39 is 0 Å². The van der Waals surface area contributed by atoms with Crippen LogP contribution in [0.15, 0.2) is 40.1 Å². The van der Waals surface area contributed by atoms with Crippen molar-refractivity contribution in [2.75, 3.05) is 12.8 Å². The van der Waals surface area contributed by atoms with Crippen LogP contribution in [-0.4, -0.2) is 7.11 Å². The number of fused-ring (bicyclic) bond motifs is 1. The average molecular weight is 289 g/mol. The van der Waals surface area contributed by atoms with Crippen molar-refractivity contribution in [2.45, 2.75) is 29.1 Å². The van der Waals surface area contributed by atoms with E-state index in [1.165, 1.54) is 42.5 Å². The Hall–Kier alpha value is -1.68. The van der Waals surface area contributed by atoms with Gasteiger partial charge in [-0.2, -0.15) is 0 Å². The molecular formula is C16H16FNOS. The van der Waals surface area contributed by atoms with Crippen molar-refractivity contribution in [3.63, 3.8) is 0 Å². The van der Waals surface area contributed by atoms with Gasteiger partial charge < -0.3 is 10.5 Å². The highest BCUT2D eigenvalue weighted by Crippen LogP contribution is 2.37. The zero-order chi connectivity index (χ0) is 14.1. The van der Waals surface area contributed by atoms with Gasteiger partial charge in [0.1, 0.15) is 11.6 Å². The van der Waals surface area contributed by atoms with E-state index in [-0.39, 0.29) is 5.82 Å². The number of aryl methyl sites for hydroxylation is 2. The normalized spacial score (nSPS) is 13.3. The number of anilines is 1. The SMILES string of the molecule is COc1cc(Sc2ccc3c(c2)CCC3)c(F)cc1N. The Morgan fingerprint density at radius 3 is 2.75 bits per heavy atom. The topological polar surface area (TPSA) is 35.2 Å². The first-order valence-electron chi connectivity index (χ1n) is 6.60. The second-order valence-corrected chi connectivity index (χ2v) is 6.03. The van der Waals surface area contributed by atoms with Crippen LogP contribution in [0, 0.1) is 5.82 Å². The van der Waals surface area contributed by atoms with Crippen LogP contribution < -0.4 is 10.5 Å². The van der Waals surface area contributed by atoms with E-state index in [1.807, 2.05) is 0 Å². The number of halogens is 1. The van der Waals surface area contributed by atoms with Crippen LogP contribution in [0.5, 0.6) is 5.75 Å². The molecule has 1 aliphatic rings. The van der Waals surface area contributed by atoms with Gasteiger partial charge in [-0.15, -0.1) is 0 Å². The maximum atomic E-state index is 14.0. The minimum atomic E-state index is -0.311. The molecule has 0 unspecified atom stereocenters. The minimum Gasteiger partial charge on any atom is -0.495 e. The summed E-state index contributed by atoms with van der Waals surface area (Å²) < 4.78 is 19.1. The van der Waals surface area contributed by atoms with Gasteiger partial charge in [-0.3, -0.25) is 0 Å². The zero-order valence-corrected chi connectivity index (χ0v) is 12.1. The monoisotopic (exact) mass is 289 g/mol.